The summed E-state index contributed by atoms with van der Waals surface area (Å²) in [6.07, 6.45) is 3.14. The molecule has 15 nitrogen and oxygen atoms in total. The normalized spacial score (nSPS) is 11.7. The summed E-state index contributed by atoms with van der Waals surface area (Å²) in [7, 11) is 1.23. The first-order chi connectivity index (χ1) is 22.0. The van der Waals surface area contributed by atoms with Crippen molar-refractivity contribution in [2.75, 3.05) is 31.7 Å². The Hall–Kier alpha value is -5.44. The Morgan fingerprint density at radius 3 is 2.07 bits per heavy atom. The molecule has 2 aromatic carbocycles. The molecule has 0 radical (unpaired) electrons. The van der Waals surface area contributed by atoms with Gasteiger partial charge in [0.1, 0.15) is 6.04 Å². The number of nitrogens with zero attached hydrogens (tertiary/aromatic N) is 4. The average Bonchev–Trinajstić information content (AvgIpc) is 3.03. The van der Waals surface area contributed by atoms with Gasteiger partial charge in [-0.25, -0.2) is 14.8 Å². The van der Waals surface area contributed by atoms with Gasteiger partial charge in [-0.15, -0.1) is 0 Å². The molecule has 0 fully saturated rings. The van der Waals surface area contributed by atoms with Gasteiger partial charge < -0.3 is 38.7 Å². The van der Waals surface area contributed by atoms with E-state index in [4.69, 9.17) is 45.0 Å². The van der Waals surface area contributed by atoms with Crippen LogP contribution in [0, 0.1) is 0 Å². The highest BCUT2D eigenvalue weighted by atomic mass is 35.5. The third kappa shape index (κ3) is 10.9. The molecule has 0 aliphatic carbocycles. The number of rotatable bonds is 14. The van der Waals surface area contributed by atoms with E-state index in [2.05, 4.69) is 54.9 Å². The lowest BCUT2D eigenvalue weighted by Gasteiger charge is -2.14. The van der Waals surface area contributed by atoms with E-state index in [-0.39, 0.29) is 53.3 Å². The molecular weight excluding hydrogens is 614 g/mol. The van der Waals surface area contributed by atoms with E-state index in [0.29, 0.717) is 13.0 Å². The molecule has 12 N–H and O–H groups in total. The van der Waals surface area contributed by atoms with Crippen LogP contribution in [-0.2, 0) is 27.2 Å². The summed E-state index contributed by atoms with van der Waals surface area (Å²) < 4.78 is 4.70. The van der Waals surface area contributed by atoms with Crippen LogP contribution in [0.3, 0.4) is 0 Å². The molecule has 0 unspecified atom stereocenters. The number of guanidine groups is 2. The number of aryl methyl sites for hydroxylation is 2. The summed E-state index contributed by atoms with van der Waals surface area (Å²) in [6, 6.07) is 15.3. The van der Waals surface area contributed by atoms with Crippen molar-refractivity contribution in [2.45, 2.75) is 38.1 Å². The number of nitrogens with two attached hydrogens (primary N) is 5. The van der Waals surface area contributed by atoms with Crippen molar-refractivity contribution in [1.29, 1.82) is 0 Å². The fraction of sp³-hybridized carbons (Fsp3) is 0.300. The van der Waals surface area contributed by atoms with Crippen LogP contribution >= 0.6 is 11.6 Å². The zero-order valence-corrected chi connectivity index (χ0v) is 26.1. The van der Waals surface area contributed by atoms with Crippen molar-refractivity contribution in [3.63, 3.8) is 0 Å². The average molecular weight is 652 g/mol. The lowest BCUT2D eigenvalue weighted by molar-refractivity contribution is -0.144. The van der Waals surface area contributed by atoms with E-state index >= 15 is 0 Å². The van der Waals surface area contributed by atoms with Gasteiger partial charge in [0.25, 0.3) is 5.91 Å². The van der Waals surface area contributed by atoms with Crippen LogP contribution in [0.15, 0.2) is 58.5 Å². The summed E-state index contributed by atoms with van der Waals surface area (Å²) in [6.45, 7) is 0.320. The van der Waals surface area contributed by atoms with Crippen LogP contribution in [0.5, 0.6) is 0 Å². The number of halogens is 1. The number of aromatic nitrogens is 2. The minimum atomic E-state index is -0.962. The lowest BCUT2D eigenvalue weighted by Crippen LogP contribution is -2.44. The standard InChI is InChI=1S/C30H38ClN11O4/c1-46-28(45)21(16-38-29(34)35)39-22(43)14-9-18-7-12-20(13-8-18)19-10-5-17(6-11-19)4-2-3-15-37-30(36)42-27(44)23-25(32)41-26(33)24(31)40-23/h5-8,10-13,21H,2-4,9,14-16H2,1H3,(H,39,43)(H4,32,33,41)(H4,34,35,38)(H3,36,37,42,44)/t21-/m0/s1. The number of unbranched alkanes of at least 4 members (excludes halogenated alkanes) is 1. The van der Waals surface area contributed by atoms with Gasteiger partial charge in [-0.1, -0.05) is 60.1 Å². The lowest BCUT2D eigenvalue weighted by atomic mass is 9.99. The van der Waals surface area contributed by atoms with Gasteiger partial charge in [-0.2, -0.15) is 0 Å². The number of amides is 2. The summed E-state index contributed by atoms with van der Waals surface area (Å²) in [4.78, 5) is 52.2. The summed E-state index contributed by atoms with van der Waals surface area (Å²) in [5.74, 6) is -2.11. The number of nitrogens with one attached hydrogen (secondary N) is 2. The maximum Gasteiger partial charge on any atom is 0.330 e. The Bertz CT molecular complexity index is 1570. The summed E-state index contributed by atoms with van der Waals surface area (Å²) >= 11 is 5.81. The number of carbonyl (C=O) groups is 3. The molecule has 0 aliphatic rings. The van der Waals surface area contributed by atoms with E-state index in [1.165, 1.54) is 12.7 Å². The monoisotopic (exact) mass is 651 g/mol. The fourth-order valence-corrected chi connectivity index (χ4v) is 4.36. The largest absolute Gasteiger partial charge is 0.467 e. The summed E-state index contributed by atoms with van der Waals surface area (Å²) in [5.41, 5.74) is 31.7. The second kappa shape index (κ2) is 17.2. The molecule has 1 aromatic heterocycles. The molecule has 0 aliphatic heterocycles. The molecule has 16 heteroatoms. The molecule has 0 spiro atoms. The van der Waals surface area contributed by atoms with E-state index in [1.54, 1.807) is 0 Å². The molecule has 1 atom stereocenters. The molecule has 0 saturated carbocycles. The first-order valence-electron chi connectivity index (χ1n) is 14.3. The predicted octanol–water partition coefficient (Wildman–Crippen LogP) is 0.893. The van der Waals surface area contributed by atoms with Crippen molar-refractivity contribution in [3.8, 4) is 11.1 Å². The van der Waals surface area contributed by atoms with Crippen LogP contribution in [0.25, 0.3) is 11.1 Å². The van der Waals surface area contributed by atoms with E-state index in [0.717, 1.165) is 36.0 Å². The molecule has 46 heavy (non-hydrogen) atoms. The molecule has 1 heterocycles. The van der Waals surface area contributed by atoms with Gasteiger partial charge in [-0.3, -0.25) is 24.9 Å². The Kier molecular flexibility index (Phi) is 13.1. The third-order valence-corrected chi connectivity index (χ3v) is 6.95. The first-order valence-corrected chi connectivity index (χ1v) is 14.6. The Morgan fingerprint density at radius 2 is 1.48 bits per heavy atom. The molecule has 3 rings (SSSR count). The van der Waals surface area contributed by atoms with E-state index in [1.807, 2.05) is 24.3 Å². The van der Waals surface area contributed by atoms with Crippen molar-refractivity contribution in [1.82, 2.24) is 20.6 Å². The number of esters is 1. The Labute approximate surface area is 271 Å². The number of aliphatic imine (C=N–C) groups is 2. The second-order valence-corrected chi connectivity index (χ2v) is 10.5. The maximum absolute atomic E-state index is 12.4. The van der Waals surface area contributed by atoms with Crippen LogP contribution < -0.4 is 39.3 Å². The SMILES string of the molecule is COC(=O)[C@H](CN=C(N)N)NC(=O)CCc1ccc(-c2ccc(CCCCN=C(N)NC(=O)c3nc(Cl)c(N)nc3N)cc2)cc1. The fourth-order valence-electron chi connectivity index (χ4n) is 4.23. The number of anilines is 2. The van der Waals surface area contributed by atoms with Gasteiger partial charge in [0.2, 0.25) is 5.91 Å². The van der Waals surface area contributed by atoms with Crippen molar-refractivity contribution < 1.29 is 19.1 Å². The van der Waals surface area contributed by atoms with Crippen LogP contribution in [0.2, 0.25) is 5.15 Å². The van der Waals surface area contributed by atoms with Crippen LogP contribution in [0.4, 0.5) is 11.6 Å². The molecule has 2 amide bonds. The number of methoxy groups -OCH3 is 1. The van der Waals surface area contributed by atoms with Gasteiger partial charge >= 0.3 is 5.97 Å². The summed E-state index contributed by atoms with van der Waals surface area (Å²) in [5, 5.41) is 4.88. The minimum absolute atomic E-state index is 0.0653. The van der Waals surface area contributed by atoms with Crippen molar-refractivity contribution in [3.05, 3.63) is 70.5 Å². The van der Waals surface area contributed by atoms with Crippen LogP contribution in [0.1, 0.15) is 40.9 Å². The third-order valence-electron chi connectivity index (χ3n) is 6.68. The smallest absolute Gasteiger partial charge is 0.330 e. The topological polar surface area (TPSA) is 265 Å². The van der Waals surface area contributed by atoms with Gasteiger partial charge in [-0.05, 0) is 47.9 Å². The van der Waals surface area contributed by atoms with Gasteiger partial charge in [0.05, 0.1) is 13.7 Å². The van der Waals surface area contributed by atoms with Gasteiger partial charge in [0, 0.05) is 13.0 Å². The number of hydrogen-bond acceptors (Lipinski definition) is 10. The van der Waals surface area contributed by atoms with Crippen molar-refractivity contribution in [2.24, 2.45) is 27.2 Å². The highest BCUT2D eigenvalue weighted by Crippen LogP contribution is 2.22. The number of hydrogen-bond donors (Lipinski definition) is 7. The molecule has 244 valence electrons. The molecular formula is C30H38ClN11O4. The Morgan fingerprint density at radius 1 is 0.870 bits per heavy atom. The molecule has 0 bridgehead atoms. The molecule has 0 saturated heterocycles. The maximum atomic E-state index is 12.4. The van der Waals surface area contributed by atoms with Crippen molar-refractivity contribution >= 4 is 52.9 Å². The zero-order chi connectivity index (χ0) is 33.6. The zero-order valence-electron chi connectivity index (χ0n) is 25.3. The molecule has 3 aromatic rings. The number of carbonyl (C=O) groups excluding carboxylic acids is 3. The first kappa shape index (κ1) is 35.0. The van der Waals surface area contributed by atoms with Crippen LogP contribution in [-0.4, -0.2) is 65.9 Å². The number of ether oxygens (including phenoxy) is 1. The quantitative estimate of drug-likeness (QED) is 0.0556. The second-order valence-electron chi connectivity index (χ2n) is 10.1. The van der Waals surface area contributed by atoms with E-state index in [9.17, 15) is 14.4 Å². The predicted molar refractivity (Wildman–Crippen MR) is 178 cm³/mol. The Balaban J connectivity index is 1.41. The number of nitrogen functional groups attached to an aromatic ring is 2. The van der Waals surface area contributed by atoms with E-state index < -0.39 is 17.9 Å². The van der Waals surface area contributed by atoms with Gasteiger partial charge in [0.15, 0.2) is 34.4 Å². The number of benzene rings is 2. The highest BCUT2D eigenvalue weighted by Gasteiger charge is 2.21. The highest BCUT2D eigenvalue weighted by molar-refractivity contribution is 6.31. The minimum Gasteiger partial charge on any atom is -0.467 e.